The molecule has 1 N–H and O–H groups in total. The van der Waals surface area contributed by atoms with E-state index in [1.165, 1.54) is 44.9 Å². The molecule has 0 aliphatic heterocycles. The summed E-state index contributed by atoms with van der Waals surface area (Å²) in [6, 6.07) is 0. The number of hydrogen-bond acceptors (Lipinski definition) is 4. The molecule has 0 aromatic carbocycles. The van der Waals surface area contributed by atoms with E-state index in [1.807, 2.05) is 0 Å². The minimum atomic E-state index is -0.560. The number of rotatable bonds is 26. The first-order chi connectivity index (χ1) is 18.2. The van der Waals surface area contributed by atoms with E-state index in [4.69, 9.17) is 9.47 Å². The monoisotopic (exact) mass is 516 g/mol. The van der Waals surface area contributed by atoms with E-state index in [1.54, 1.807) is 0 Å². The van der Waals surface area contributed by atoms with E-state index < -0.39 is 6.10 Å². The maximum atomic E-state index is 12.0. The summed E-state index contributed by atoms with van der Waals surface area (Å²) >= 11 is 0. The van der Waals surface area contributed by atoms with Crippen LogP contribution in [0, 0.1) is 0 Å². The zero-order valence-electron chi connectivity index (χ0n) is 24.0. The second-order valence-corrected chi connectivity index (χ2v) is 9.44. The molecule has 0 bridgehead atoms. The highest BCUT2D eigenvalue weighted by Crippen LogP contribution is 2.09. The third-order valence-electron chi connectivity index (χ3n) is 5.86. The minimum absolute atomic E-state index is 0.196. The lowest BCUT2D eigenvalue weighted by atomic mass is 10.1. The van der Waals surface area contributed by atoms with Crippen molar-refractivity contribution in [1.29, 1.82) is 0 Å². The van der Waals surface area contributed by atoms with Gasteiger partial charge in [0.05, 0.1) is 13.2 Å². The quantitative estimate of drug-likeness (QED) is 0.0708. The van der Waals surface area contributed by atoms with Gasteiger partial charge in [-0.05, 0) is 51.4 Å². The van der Waals surface area contributed by atoms with E-state index in [9.17, 15) is 9.90 Å². The summed E-state index contributed by atoms with van der Waals surface area (Å²) in [4.78, 5) is 12.0. The minimum Gasteiger partial charge on any atom is -0.457 e. The van der Waals surface area contributed by atoms with Crippen molar-refractivity contribution in [3.63, 3.8) is 0 Å². The van der Waals surface area contributed by atoms with Crippen LogP contribution >= 0.6 is 0 Å². The molecular formula is C33H56O4. The lowest BCUT2D eigenvalue weighted by molar-refractivity contribution is -0.154. The van der Waals surface area contributed by atoms with Crippen LogP contribution in [-0.4, -0.2) is 37.0 Å². The summed E-state index contributed by atoms with van der Waals surface area (Å²) in [5, 5.41) is 9.45. The van der Waals surface area contributed by atoms with E-state index in [0.717, 1.165) is 51.4 Å². The van der Waals surface area contributed by atoms with Crippen LogP contribution in [0.1, 0.15) is 117 Å². The Morgan fingerprint density at radius 3 is 1.73 bits per heavy atom. The van der Waals surface area contributed by atoms with E-state index in [0.29, 0.717) is 13.0 Å². The van der Waals surface area contributed by atoms with Crippen LogP contribution in [0.4, 0.5) is 0 Å². The Balaban J connectivity index is 3.65. The molecular weight excluding hydrogens is 460 g/mol. The van der Waals surface area contributed by atoms with Crippen molar-refractivity contribution in [3.8, 4) is 0 Å². The molecule has 0 spiro atoms. The molecule has 4 nitrogen and oxygen atoms in total. The fourth-order valence-electron chi connectivity index (χ4n) is 3.65. The van der Waals surface area contributed by atoms with Crippen molar-refractivity contribution in [1.82, 2.24) is 0 Å². The third-order valence-corrected chi connectivity index (χ3v) is 5.86. The molecule has 0 saturated carbocycles. The average molecular weight is 517 g/mol. The Labute approximate surface area is 228 Å². The standard InChI is InChI=1S/C33H56O4/c1-3-5-7-9-11-13-14-15-16-17-18-19-20-21-22-24-26-28-33(35)37-32(30-34)31-36-29-27-25-23-12-10-8-6-4-2/h5,7,11,13,15-16,18-19,21-22,32,34H,3-4,6,8-10,12,14,17,20,23-31H2,1-2H3/b7-5-,13-11-,16-15-,19-18-,22-21-. The predicted molar refractivity (Wildman–Crippen MR) is 159 cm³/mol. The normalized spacial score (nSPS) is 13.3. The smallest absolute Gasteiger partial charge is 0.306 e. The molecule has 0 fully saturated rings. The van der Waals surface area contributed by atoms with Crippen LogP contribution in [0.5, 0.6) is 0 Å². The molecule has 0 saturated heterocycles. The van der Waals surface area contributed by atoms with E-state index in [2.05, 4.69) is 74.6 Å². The number of aliphatic hydroxyl groups excluding tert-OH is 1. The zero-order chi connectivity index (χ0) is 27.1. The van der Waals surface area contributed by atoms with Gasteiger partial charge < -0.3 is 14.6 Å². The van der Waals surface area contributed by atoms with Crippen molar-refractivity contribution in [2.45, 2.75) is 123 Å². The van der Waals surface area contributed by atoms with Gasteiger partial charge in [-0.3, -0.25) is 4.79 Å². The Morgan fingerprint density at radius 2 is 1.19 bits per heavy atom. The van der Waals surface area contributed by atoms with Crippen LogP contribution in [0.3, 0.4) is 0 Å². The van der Waals surface area contributed by atoms with Gasteiger partial charge in [-0.15, -0.1) is 0 Å². The molecule has 0 radical (unpaired) electrons. The van der Waals surface area contributed by atoms with Crippen molar-refractivity contribution in [2.24, 2.45) is 0 Å². The van der Waals surface area contributed by atoms with Gasteiger partial charge in [-0.2, -0.15) is 0 Å². The maximum Gasteiger partial charge on any atom is 0.306 e. The van der Waals surface area contributed by atoms with Crippen molar-refractivity contribution >= 4 is 5.97 Å². The molecule has 0 rings (SSSR count). The number of carbonyl (C=O) groups excluding carboxylic acids is 1. The molecule has 212 valence electrons. The molecule has 0 amide bonds. The number of carbonyl (C=O) groups is 1. The molecule has 37 heavy (non-hydrogen) atoms. The van der Waals surface area contributed by atoms with Crippen LogP contribution in [0.15, 0.2) is 60.8 Å². The molecule has 1 atom stereocenters. The summed E-state index contributed by atoms with van der Waals surface area (Å²) in [5.74, 6) is -0.262. The number of aliphatic hydroxyl groups is 1. The van der Waals surface area contributed by atoms with Gasteiger partial charge in [-0.25, -0.2) is 0 Å². The topological polar surface area (TPSA) is 55.8 Å². The third kappa shape index (κ3) is 28.5. The summed E-state index contributed by atoms with van der Waals surface area (Å²) in [5.41, 5.74) is 0. The maximum absolute atomic E-state index is 12.0. The highest BCUT2D eigenvalue weighted by Gasteiger charge is 2.13. The highest BCUT2D eigenvalue weighted by molar-refractivity contribution is 5.69. The van der Waals surface area contributed by atoms with Gasteiger partial charge >= 0.3 is 5.97 Å². The summed E-state index contributed by atoms with van der Waals surface area (Å²) in [6.07, 6.45) is 38.2. The number of ether oxygens (including phenoxy) is 2. The van der Waals surface area contributed by atoms with Crippen LogP contribution < -0.4 is 0 Å². The Kier molecular flexibility index (Phi) is 28.7. The molecule has 0 aliphatic carbocycles. The zero-order valence-corrected chi connectivity index (χ0v) is 24.0. The Morgan fingerprint density at radius 1 is 0.676 bits per heavy atom. The lowest BCUT2D eigenvalue weighted by Gasteiger charge is -2.15. The van der Waals surface area contributed by atoms with Crippen LogP contribution in [-0.2, 0) is 14.3 Å². The van der Waals surface area contributed by atoms with Crippen molar-refractivity contribution in [2.75, 3.05) is 19.8 Å². The van der Waals surface area contributed by atoms with Crippen molar-refractivity contribution in [3.05, 3.63) is 60.8 Å². The first-order valence-electron chi connectivity index (χ1n) is 14.9. The van der Waals surface area contributed by atoms with Gasteiger partial charge in [0.15, 0.2) is 0 Å². The first-order valence-corrected chi connectivity index (χ1v) is 14.9. The van der Waals surface area contributed by atoms with Gasteiger partial charge in [0.2, 0.25) is 0 Å². The number of hydrogen-bond donors (Lipinski definition) is 1. The van der Waals surface area contributed by atoms with Gasteiger partial charge in [0, 0.05) is 13.0 Å². The second-order valence-electron chi connectivity index (χ2n) is 9.44. The van der Waals surface area contributed by atoms with Gasteiger partial charge in [0.1, 0.15) is 6.10 Å². The predicted octanol–water partition coefficient (Wildman–Crippen LogP) is 8.97. The summed E-state index contributed by atoms with van der Waals surface area (Å²) < 4.78 is 11.0. The molecule has 0 heterocycles. The van der Waals surface area contributed by atoms with Gasteiger partial charge in [0.25, 0.3) is 0 Å². The number of unbranched alkanes of at least 4 members (excludes halogenated alkanes) is 8. The second kappa shape index (κ2) is 30.3. The molecule has 4 heteroatoms. The summed E-state index contributed by atoms with van der Waals surface area (Å²) in [7, 11) is 0. The first kappa shape index (κ1) is 35.1. The number of allylic oxidation sites excluding steroid dienone is 10. The van der Waals surface area contributed by atoms with Crippen LogP contribution in [0.25, 0.3) is 0 Å². The van der Waals surface area contributed by atoms with E-state index in [-0.39, 0.29) is 19.2 Å². The molecule has 0 aromatic rings. The van der Waals surface area contributed by atoms with Gasteiger partial charge in [-0.1, -0.05) is 120 Å². The summed E-state index contributed by atoms with van der Waals surface area (Å²) in [6.45, 7) is 5.12. The molecule has 0 aromatic heterocycles. The highest BCUT2D eigenvalue weighted by atomic mass is 16.6. The van der Waals surface area contributed by atoms with Crippen LogP contribution in [0.2, 0.25) is 0 Å². The lowest BCUT2D eigenvalue weighted by Crippen LogP contribution is -2.27. The number of esters is 1. The van der Waals surface area contributed by atoms with Crippen molar-refractivity contribution < 1.29 is 19.4 Å². The largest absolute Gasteiger partial charge is 0.457 e. The fourth-order valence-corrected chi connectivity index (χ4v) is 3.65. The molecule has 1 unspecified atom stereocenters. The molecule has 0 aliphatic rings. The Hall–Kier alpha value is -1.91. The average Bonchev–Trinajstić information content (AvgIpc) is 2.90. The van der Waals surface area contributed by atoms with E-state index >= 15 is 0 Å². The Bertz CT molecular complexity index is 630. The SMILES string of the molecule is CC/C=C\C/C=C\C/C=C\C/C=C\C/C=C\CCCC(=O)OC(CO)COCCCCCCCCCC. The fraction of sp³-hybridized carbons (Fsp3) is 0.667.